The van der Waals surface area contributed by atoms with E-state index in [0.717, 1.165) is 16.7 Å². The van der Waals surface area contributed by atoms with Crippen molar-refractivity contribution in [1.82, 2.24) is 4.72 Å². The number of sulfonamides is 1. The molecule has 0 unspecified atom stereocenters. The summed E-state index contributed by atoms with van der Waals surface area (Å²) in [5, 5.41) is 0. The maximum absolute atomic E-state index is 12.4. The summed E-state index contributed by atoms with van der Waals surface area (Å²) in [4.78, 5) is 0.260. The molecule has 1 N–H and O–H groups in total. The zero-order valence-corrected chi connectivity index (χ0v) is 14.5. The van der Waals surface area contributed by atoms with Crippen molar-refractivity contribution in [1.29, 1.82) is 0 Å². The molecule has 0 heterocycles. The molecule has 0 saturated heterocycles. The van der Waals surface area contributed by atoms with Crippen molar-refractivity contribution < 1.29 is 17.9 Å². The first-order valence-electron chi connectivity index (χ1n) is 7.15. The van der Waals surface area contributed by atoms with Gasteiger partial charge in [-0.25, -0.2) is 13.1 Å². The molecule has 0 spiro atoms. The number of aryl methyl sites for hydroxylation is 2. The second-order valence-electron chi connectivity index (χ2n) is 5.27. The van der Waals surface area contributed by atoms with E-state index in [1.54, 1.807) is 38.5 Å². The van der Waals surface area contributed by atoms with Gasteiger partial charge in [-0.1, -0.05) is 12.1 Å². The molecule has 0 radical (unpaired) electrons. The van der Waals surface area contributed by atoms with E-state index >= 15 is 0 Å². The van der Waals surface area contributed by atoms with Crippen LogP contribution in [0.5, 0.6) is 11.5 Å². The number of nitrogens with one attached hydrogen (secondary N) is 1. The third kappa shape index (κ3) is 4.03. The maximum Gasteiger partial charge on any atom is 0.240 e. The van der Waals surface area contributed by atoms with Crippen molar-refractivity contribution in [3.05, 3.63) is 53.1 Å². The predicted molar refractivity (Wildman–Crippen MR) is 89.5 cm³/mol. The second-order valence-corrected chi connectivity index (χ2v) is 7.04. The second kappa shape index (κ2) is 7.02. The number of hydrogen-bond donors (Lipinski definition) is 1. The summed E-state index contributed by atoms with van der Waals surface area (Å²) in [6.45, 7) is 3.94. The zero-order chi connectivity index (χ0) is 17.0. The summed E-state index contributed by atoms with van der Waals surface area (Å²) < 4.78 is 37.9. The van der Waals surface area contributed by atoms with E-state index in [2.05, 4.69) is 4.72 Å². The van der Waals surface area contributed by atoms with Gasteiger partial charge < -0.3 is 9.47 Å². The number of ether oxygens (including phenoxy) is 2. The Morgan fingerprint density at radius 3 is 2.26 bits per heavy atom. The lowest BCUT2D eigenvalue weighted by Gasteiger charge is -2.13. The monoisotopic (exact) mass is 335 g/mol. The molecule has 0 saturated carbocycles. The van der Waals surface area contributed by atoms with Crippen LogP contribution < -0.4 is 14.2 Å². The van der Waals surface area contributed by atoms with Crippen LogP contribution in [0.3, 0.4) is 0 Å². The minimum absolute atomic E-state index is 0.183. The van der Waals surface area contributed by atoms with Crippen LogP contribution in [0.25, 0.3) is 0 Å². The average molecular weight is 335 g/mol. The quantitative estimate of drug-likeness (QED) is 0.882. The van der Waals surface area contributed by atoms with Gasteiger partial charge in [-0.2, -0.15) is 0 Å². The van der Waals surface area contributed by atoms with Crippen LogP contribution in [-0.4, -0.2) is 22.6 Å². The van der Waals surface area contributed by atoms with Gasteiger partial charge in [0, 0.05) is 6.54 Å². The molecule has 0 aliphatic carbocycles. The van der Waals surface area contributed by atoms with Crippen LogP contribution in [0.2, 0.25) is 0 Å². The summed E-state index contributed by atoms with van der Waals surface area (Å²) in [6.07, 6.45) is 0. The van der Waals surface area contributed by atoms with E-state index in [0.29, 0.717) is 11.5 Å². The molecule has 0 aromatic heterocycles. The first-order chi connectivity index (χ1) is 10.9. The van der Waals surface area contributed by atoms with Crippen molar-refractivity contribution in [3.63, 3.8) is 0 Å². The first-order valence-corrected chi connectivity index (χ1v) is 8.63. The molecule has 0 fully saturated rings. The van der Waals surface area contributed by atoms with Crippen LogP contribution in [0.15, 0.2) is 41.3 Å². The number of benzene rings is 2. The molecule has 0 bridgehead atoms. The highest BCUT2D eigenvalue weighted by molar-refractivity contribution is 7.89. The summed E-state index contributed by atoms with van der Waals surface area (Å²) in [7, 11) is -0.439. The summed E-state index contributed by atoms with van der Waals surface area (Å²) in [5.41, 5.74) is 2.66. The lowest BCUT2D eigenvalue weighted by molar-refractivity contribution is 0.354. The topological polar surface area (TPSA) is 64.6 Å². The summed E-state index contributed by atoms with van der Waals surface area (Å²) in [5.74, 6) is 1.19. The maximum atomic E-state index is 12.4. The van der Waals surface area contributed by atoms with Gasteiger partial charge in [-0.15, -0.1) is 0 Å². The Morgan fingerprint density at radius 1 is 1.00 bits per heavy atom. The van der Waals surface area contributed by atoms with Crippen molar-refractivity contribution in [2.24, 2.45) is 0 Å². The van der Waals surface area contributed by atoms with Crippen LogP contribution in [0.1, 0.15) is 16.7 Å². The van der Waals surface area contributed by atoms with Gasteiger partial charge in [-0.05, 0) is 54.8 Å². The van der Waals surface area contributed by atoms with Gasteiger partial charge in [0.25, 0.3) is 0 Å². The Hall–Kier alpha value is -2.05. The highest BCUT2D eigenvalue weighted by Crippen LogP contribution is 2.30. The van der Waals surface area contributed by atoms with E-state index in [1.807, 2.05) is 26.0 Å². The molecule has 2 rings (SSSR count). The van der Waals surface area contributed by atoms with E-state index in [1.165, 1.54) is 0 Å². The van der Waals surface area contributed by atoms with Crippen molar-refractivity contribution in [3.8, 4) is 11.5 Å². The van der Waals surface area contributed by atoms with E-state index < -0.39 is 10.0 Å². The lowest BCUT2D eigenvalue weighted by atomic mass is 10.1. The van der Waals surface area contributed by atoms with Crippen molar-refractivity contribution in [2.45, 2.75) is 25.3 Å². The standard InChI is InChI=1S/C17H21NO4S/c1-12-6-5-7-15(8-12)23(19,20)18-11-14-10-17(22-4)16(21-3)9-13(14)2/h5-10,18H,11H2,1-4H3. The van der Waals surface area contributed by atoms with E-state index in [-0.39, 0.29) is 11.4 Å². The van der Waals surface area contributed by atoms with Crippen LogP contribution in [-0.2, 0) is 16.6 Å². The molecule has 0 amide bonds. The minimum Gasteiger partial charge on any atom is -0.493 e. The Kier molecular flexibility index (Phi) is 5.28. The van der Waals surface area contributed by atoms with Gasteiger partial charge in [0.05, 0.1) is 19.1 Å². The molecule has 2 aromatic carbocycles. The highest BCUT2D eigenvalue weighted by Gasteiger charge is 2.15. The molecule has 0 aliphatic heterocycles. The number of rotatable bonds is 6. The van der Waals surface area contributed by atoms with Gasteiger partial charge >= 0.3 is 0 Å². The Morgan fingerprint density at radius 2 is 1.65 bits per heavy atom. The summed E-state index contributed by atoms with van der Waals surface area (Å²) in [6, 6.07) is 10.4. The average Bonchev–Trinajstić information content (AvgIpc) is 2.53. The Balaban J connectivity index is 2.23. The highest BCUT2D eigenvalue weighted by atomic mass is 32.2. The van der Waals surface area contributed by atoms with Gasteiger partial charge in [0.1, 0.15) is 0 Å². The molecular weight excluding hydrogens is 314 g/mol. The van der Waals surface area contributed by atoms with E-state index in [9.17, 15) is 8.42 Å². The third-order valence-electron chi connectivity index (χ3n) is 3.59. The van der Waals surface area contributed by atoms with E-state index in [4.69, 9.17) is 9.47 Å². The number of hydrogen-bond acceptors (Lipinski definition) is 4. The number of methoxy groups -OCH3 is 2. The minimum atomic E-state index is -3.56. The molecule has 0 aliphatic rings. The van der Waals surface area contributed by atoms with Gasteiger partial charge in [0.2, 0.25) is 10.0 Å². The molecule has 6 heteroatoms. The van der Waals surface area contributed by atoms with Crippen molar-refractivity contribution >= 4 is 10.0 Å². The molecule has 124 valence electrons. The van der Waals surface area contributed by atoms with Gasteiger partial charge in [0.15, 0.2) is 11.5 Å². The Labute approximate surface area is 137 Å². The van der Waals surface area contributed by atoms with Crippen LogP contribution >= 0.6 is 0 Å². The normalized spacial score (nSPS) is 11.3. The SMILES string of the molecule is COc1cc(C)c(CNS(=O)(=O)c2cccc(C)c2)cc1OC. The first kappa shape index (κ1) is 17.3. The van der Waals surface area contributed by atoms with Crippen LogP contribution in [0, 0.1) is 13.8 Å². The lowest BCUT2D eigenvalue weighted by Crippen LogP contribution is -2.23. The fourth-order valence-corrected chi connectivity index (χ4v) is 3.36. The molecule has 5 nitrogen and oxygen atoms in total. The van der Waals surface area contributed by atoms with Crippen LogP contribution in [0.4, 0.5) is 0 Å². The smallest absolute Gasteiger partial charge is 0.240 e. The largest absolute Gasteiger partial charge is 0.493 e. The molecule has 23 heavy (non-hydrogen) atoms. The zero-order valence-electron chi connectivity index (χ0n) is 13.7. The fourth-order valence-electron chi connectivity index (χ4n) is 2.25. The van der Waals surface area contributed by atoms with Gasteiger partial charge in [-0.3, -0.25) is 0 Å². The fraction of sp³-hybridized carbons (Fsp3) is 0.294. The third-order valence-corrected chi connectivity index (χ3v) is 4.99. The molecule has 0 atom stereocenters. The molecule has 2 aromatic rings. The summed E-state index contributed by atoms with van der Waals surface area (Å²) >= 11 is 0. The molecular formula is C17H21NO4S. The predicted octanol–water partition coefficient (Wildman–Crippen LogP) is 2.80. The van der Waals surface area contributed by atoms with Crippen molar-refractivity contribution in [2.75, 3.05) is 14.2 Å². The Bertz CT molecular complexity index is 800.